The molecule has 1 aromatic carbocycles. The molecule has 5 nitrogen and oxygen atoms in total. The quantitative estimate of drug-likeness (QED) is 0.505. The third-order valence-corrected chi connectivity index (χ3v) is 1.97. The number of rotatable bonds is 2. The summed E-state index contributed by atoms with van der Waals surface area (Å²) in [6, 6.07) is 9.38. The number of aromatic nitrogens is 2. The second-order valence-electron chi connectivity index (χ2n) is 2.90. The first-order valence-corrected chi connectivity index (χ1v) is 4.30. The molecule has 1 heterocycles. The molecule has 0 bridgehead atoms. The van der Waals surface area contributed by atoms with Crippen molar-refractivity contribution in [2.45, 2.75) is 0 Å². The maximum absolute atomic E-state index is 8.81. The number of nitrogens with one attached hydrogen (secondary N) is 2. The van der Waals surface area contributed by atoms with Gasteiger partial charge in [-0.2, -0.15) is 5.26 Å². The Labute approximate surface area is 85.6 Å². The van der Waals surface area contributed by atoms with E-state index in [1.165, 1.54) is 6.20 Å². The minimum absolute atomic E-state index is 0.244. The lowest BCUT2D eigenvalue weighted by Gasteiger charge is -1.90. The number of benzene rings is 1. The van der Waals surface area contributed by atoms with Gasteiger partial charge in [-0.3, -0.25) is 10.7 Å². The van der Waals surface area contributed by atoms with Gasteiger partial charge in [0.2, 0.25) is 0 Å². The number of H-pyrrole nitrogens is 1. The standard InChI is InChI=1S/C10H8N4O/c11-5-7(6-12-15)10-13-8-3-1-2-4-9(8)14-10/h1-4,6,12,15H,(H,13,14)/b7-6-. The molecule has 0 aliphatic carbocycles. The van der Waals surface area contributed by atoms with E-state index in [1.54, 1.807) is 0 Å². The molecule has 0 fully saturated rings. The average molecular weight is 200 g/mol. The molecule has 0 amide bonds. The Morgan fingerprint density at radius 3 is 3.00 bits per heavy atom. The Morgan fingerprint density at radius 2 is 2.33 bits per heavy atom. The molecule has 3 N–H and O–H groups in total. The second kappa shape index (κ2) is 3.82. The van der Waals surface area contributed by atoms with Crippen LogP contribution in [0.1, 0.15) is 5.82 Å². The van der Waals surface area contributed by atoms with Gasteiger partial charge < -0.3 is 4.98 Å². The van der Waals surface area contributed by atoms with Gasteiger partial charge in [0.05, 0.1) is 11.0 Å². The normalized spacial score (nSPS) is 11.3. The Balaban J connectivity index is 2.54. The molecule has 0 radical (unpaired) electrons. The van der Waals surface area contributed by atoms with E-state index in [1.807, 2.05) is 35.8 Å². The van der Waals surface area contributed by atoms with E-state index >= 15 is 0 Å². The van der Waals surface area contributed by atoms with E-state index in [9.17, 15) is 0 Å². The highest BCUT2D eigenvalue weighted by atomic mass is 16.5. The second-order valence-corrected chi connectivity index (χ2v) is 2.90. The molecule has 0 aliphatic heterocycles. The summed E-state index contributed by atoms with van der Waals surface area (Å²) >= 11 is 0. The molecule has 0 saturated heterocycles. The minimum Gasteiger partial charge on any atom is -0.337 e. The highest BCUT2D eigenvalue weighted by molar-refractivity contribution is 5.81. The van der Waals surface area contributed by atoms with E-state index in [0.29, 0.717) is 5.82 Å². The zero-order valence-corrected chi connectivity index (χ0v) is 7.73. The third kappa shape index (κ3) is 1.66. The molecular formula is C10H8N4O. The molecule has 0 aliphatic rings. The lowest BCUT2D eigenvalue weighted by atomic mass is 10.3. The number of hydrogen-bond donors (Lipinski definition) is 3. The number of para-hydroxylation sites is 2. The zero-order chi connectivity index (χ0) is 10.7. The van der Waals surface area contributed by atoms with E-state index in [0.717, 1.165) is 11.0 Å². The van der Waals surface area contributed by atoms with Crippen LogP contribution in [0.4, 0.5) is 0 Å². The van der Waals surface area contributed by atoms with E-state index in [2.05, 4.69) is 9.97 Å². The van der Waals surface area contributed by atoms with Crippen LogP contribution in [0.3, 0.4) is 0 Å². The first-order valence-electron chi connectivity index (χ1n) is 4.30. The largest absolute Gasteiger partial charge is 0.337 e. The van der Waals surface area contributed by atoms with Crippen LogP contribution in [-0.4, -0.2) is 15.2 Å². The Hall–Kier alpha value is -2.32. The number of fused-ring (bicyclic) bond motifs is 1. The van der Waals surface area contributed by atoms with Gasteiger partial charge in [-0.05, 0) is 12.1 Å². The SMILES string of the molecule is N#C/C(=C/NO)c1nc2ccccc2[nH]1. The first-order chi connectivity index (χ1) is 7.35. The van der Waals surface area contributed by atoms with Gasteiger partial charge in [0.1, 0.15) is 11.6 Å². The molecule has 15 heavy (non-hydrogen) atoms. The van der Waals surface area contributed by atoms with Gasteiger partial charge in [0.25, 0.3) is 0 Å². The number of hydroxylamine groups is 1. The van der Waals surface area contributed by atoms with Gasteiger partial charge >= 0.3 is 0 Å². The molecular weight excluding hydrogens is 192 g/mol. The maximum Gasteiger partial charge on any atom is 0.150 e. The number of imidazole rings is 1. The summed E-state index contributed by atoms with van der Waals surface area (Å²) in [7, 11) is 0. The molecule has 0 unspecified atom stereocenters. The van der Waals surface area contributed by atoms with Crippen LogP contribution >= 0.6 is 0 Å². The van der Waals surface area contributed by atoms with Crippen molar-refractivity contribution < 1.29 is 5.21 Å². The number of allylic oxidation sites excluding steroid dienone is 1. The number of aromatic amines is 1. The van der Waals surface area contributed by atoms with Gasteiger partial charge in [-0.25, -0.2) is 4.98 Å². The summed E-state index contributed by atoms with van der Waals surface area (Å²) < 4.78 is 0. The molecule has 1 aromatic heterocycles. The summed E-state index contributed by atoms with van der Waals surface area (Å²) in [5.41, 5.74) is 3.70. The van der Waals surface area contributed by atoms with E-state index in [4.69, 9.17) is 10.5 Å². The predicted octanol–water partition coefficient (Wildman–Crippen LogP) is 1.41. The molecule has 5 heteroatoms. The minimum atomic E-state index is 0.244. The first kappa shape index (κ1) is 9.24. The smallest absolute Gasteiger partial charge is 0.150 e. The fourth-order valence-corrected chi connectivity index (χ4v) is 1.30. The van der Waals surface area contributed by atoms with Crippen LogP contribution < -0.4 is 5.48 Å². The van der Waals surface area contributed by atoms with Crippen LogP contribution in [0, 0.1) is 11.3 Å². The monoisotopic (exact) mass is 200 g/mol. The Bertz CT molecular complexity index is 517. The summed E-state index contributed by atoms with van der Waals surface area (Å²) in [6.07, 6.45) is 1.18. The van der Waals surface area contributed by atoms with Gasteiger partial charge in [0, 0.05) is 6.20 Å². The van der Waals surface area contributed by atoms with Crippen LogP contribution in [0.2, 0.25) is 0 Å². The molecule has 2 aromatic rings. The summed E-state index contributed by atoms with van der Waals surface area (Å²) in [6.45, 7) is 0. The topological polar surface area (TPSA) is 84.7 Å². The van der Waals surface area contributed by atoms with Crippen molar-refractivity contribution in [3.63, 3.8) is 0 Å². The van der Waals surface area contributed by atoms with Crippen molar-refractivity contribution in [2.75, 3.05) is 0 Å². The van der Waals surface area contributed by atoms with Crippen molar-refractivity contribution in [2.24, 2.45) is 0 Å². The van der Waals surface area contributed by atoms with Gasteiger partial charge in [0.15, 0.2) is 5.82 Å². The fraction of sp³-hybridized carbons (Fsp3) is 0. The Kier molecular flexibility index (Phi) is 2.35. The highest BCUT2D eigenvalue weighted by Crippen LogP contribution is 2.15. The lowest BCUT2D eigenvalue weighted by molar-refractivity contribution is 0.215. The lowest BCUT2D eigenvalue weighted by Crippen LogP contribution is -1.97. The number of hydrogen-bond acceptors (Lipinski definition) is 4. The van der Waals surface area contributed by atoms with E-state index < -0.39 is 0 Å². The summed E-state index contributed by atoms with van der Waals surface area (Å²) in [5, 5.41) is 17.3. The number of nitrogens with zero attached hydrogens (tertiary/aromatic N) is 2. The molecule has 2 rings (SSSR count). The molecule has 0 saturated carbocycles. The van der Waals surface area contributed by atoms with Crippen molar-refractivity contribution in [1.82, 2.24) is 15.4 Å². The van der Waals surface area contributed by atoms with Crippen LogP contribution in [0.5, 0.6) is 0 Å². The zero-order valence-electron chi connectivity index (χ0n) is 7.73. The van der Waals surface area contributed by atoms with Crippen molar-refractivity contribution >= 4 is 16.6 Å². The van der Waals surface area contributed by atoms with Crippen molar-refractivity contribution in [3.8, 4) is 6.07 Å². The third-order valence-electron chi connectivity index (χ3n) is 1.97. The predicted molar refractivity (Wildman–Crippen MR) is 54.6 cm³/mol. The van der Waals surface area contributed by atoms with Crippen molar-refractivity contribution in [1.29, 1.82) is 5.26 Å². The molecule has 0 spiro atoms. The summed E-state index contributed by atoms with van der Waals surface area (Å²) in [5.74, 6) is 0.431. The maximum atomic E-state index is 8.81. The van der Waals surface area contributed by atoms with Crippen LogP contribution in [0.25, 0.3) is 16.6 Å². The summed E-state index contributed by atoms with van der Waals surface area (Å²) in [4.78, 5) is 7.18. The highest BCUT2D eigenvalue weighted by Gasteiger charge is 2.06. The average Bonchev–Trinajstić information content (AvgIpc) is 2.69. The Morgan fingerprint density at radius 1 is 1.53 bits per heavy atom. The van der Waals surface area contributed by atoms with Crippen molar-refractivity contribution in [3.05, 3.63) is 36.3 Å². The van der Waals surface area contributed by atoms with Gasteiger partial charge in [-0.15, -0.1) is 0 Å². The molecule has 74 valence electrons. The van der Waals surface area contributed by atoms with Crippen LogP contribution in [-0.2, 0) is 0 Å². The number of nitriles is 1. The molecule has 0 atom stereocenters. The van der Waals surface area contributed by atoms with E-state index in [-0.39, 0.29) is 5.57 Å². The fourth-order valence-electron chi connectivity index (χ4n) is 1.30. The van der Waals surface area contributed by atoms with Gasteiger partial charge in [-0.1, -0.05) is 12.1 Å². The van der Waals surface area contributed by atoms with Crippen LogP contribution in [0.15, 0.2) is 30.5 Å².